The van der Waals surface area contributed by atoms with E-state index >= 15 is 0 Å². The number of rotatable bonds is 5. The van der Waals surface area contributed by atoms with Crippen molar-refractivity contribution in [3.8, 4) is 0 Å². The Kier molecular flexibility index (Phi) is 4.98. The summed E-state index contributed by atoms with van der Waals surface area (Å²) in [6, 6.07) is 4.10. The summed E-state index contributed by atoms with van der Waals surface area (Å²) in [4.78, 5) is 10.7. The van der Waals surface area contributed by atoms with Gasteiger partial charge in [-0.05, 0) is 18.2 Å². The third-order valence-corrected chi connectivity index (χ3v) is 4.83. The van der Waals surface area contributed by atoms with Crippen LogP contribution in [0.25, 0.3) is 0 Å². The Morgan fingerprint density at radius 3 is 2.50 bits per heavy atom. The lowest BCUT2D eigenvalue weighted by Crippen LogP contribution is -2.38. The van der Waals surface area contributed by atoms with E-state index in [-0.39, 0.29) is 21.5 Å². The number of hydrogen-bond donors (Lipinski definition) is 1. The number of carbonyl (C=O) groups is 1. The number of halogens is 2. The molecule has 0 aromatic heterocycles. The van der Waals surface area contributed by atoms with Crippen LogP contribution in [0.15, 0.2) is 23.1 Å². The Bertz CT molecular complexity index is 560. The van der Waals surface area contributed by atoms with Crippen LogP contribution in [-0.4, -0.2) is 31.7 Å². The second-order valence-electron chi connectivity index (χ2n) is 3.47. The van der Waals surface area contributed by atoms with Crippen LogP contribution in [0.2, 0.25) is 10.0 Å². The molecular weight excluding hydrogens is 299 g/mol. The number of hydrogen-bond acceptors (Lipinski definition) is 3. The highest BCUT2D eigenvalue weighted by Gasteiger charge is 2.26. The predicted octanol–water partition coefficient (Wildman–Crippen LogP) is 1.49. The molecule has 18 heavy (non-hydrogen) atoms. The lowest BCUT2D eigenvalue weighted by molar-refractivity contribution is -0.118. The minimum absolute atomic E-state index is 0.0438. The van der Waals surface area contributed by atoms with Crippen molar-refractivity contribution in [1.29, 1.82) is 0 Å². The Labute approximate surface area is 116 Å². The van der Waals surface area contributed by atoms with E-state index in [1.54, 1.807) is 6.92 Å². The number of nitrogens with zero attached hydrogens (tertiary/aromatic N) is 1. The normalized spacial score (nSPS) is 11.8. The van der Waals surface area contributed by atoms with Crippen LogP contribution in [0.3, 0.4) is 0 Å². The summed E-state index contributed by atoms with van der Waals surface area (Å²) in [5.41, 5.74) is 5.01. The van der Waals surface area contributed by atoms with Gasteiger partial charge in [-0.2, -0.15) is 4.31 Å². The number of sulfonamides is 1. The minimum Gasteiger partial charge on any atom is -0.369 e. The van der Waals surface area contributed by atoms with Crippen LogP contribution in [0.1, 0.15) is 6.92 Å². The zero-order chi connectivity index (χ0) is 13.9. The molecule has 0 spiro atoms. The molecule has 8 heteroatoms. The first-order valence-electron chi connectivity index (χ1n) is 5.02. The van der Waals surface area contributed by atoms with E-state index in [9.17, 15) is 13.2 Å². The maximum Gasteiger partial charge on any atom is 0.245 e. The highest BCUT2D eigenvalue weighted by molar-refractivity contribution is 7.89. The van der Waals surface area contributed by atoms with E-state index in [1.165, 1.54) is 18.2 Å². The number of benzene rings is 1. The first-order chi connectivity index (χ1) is 8.28. The molecule has 0 fully saturated rings. The Morgan fingerprint density at radius 2 is 2.00 bits per heavy atom. The highest BCUT2D eigenvalue weighted by Crippen LogP contribution is 2.27. The molecule has 0 atom stereocenters. The van der Waals surface area contributed by atoms with Crippen LogP contribution in [0.4, 0.5) is 0 Å². The van der Waals surface area contributed by atoms with Gasteiger partial charge >= 0.3 is 0 Å². The molecule has 1 amide bonds. The minimum atomic E-state index is -3.88. The maximum atomic E-state index is 12.2. The Morgan fingerprint density at radius 1 is 1.39 bits per heavy atom. The fourth-order valence-corrected chi connectivity index (χ4v) is 3.51. The fourth-order valence-electron chi connectivity index (χ4n) is 1.35. The fraction of sp³-hybridized carbons (Fsp3) is 0.300. The molecule has 0 aliphatic rings. The second-order valence-corrected chi connectivity index (χ2v) is 6.22. The van der Waals surface area contributed by atoms with Crippen molar-refractivity contribution < 1.29 is 13.2 Å². The van der Waals surface area contributed by atoms with Crippen molar-refractivity contribution in [2.24, 2.45) is 5.73 Å². The van der Waals surface area contributed by atoms with Gasteiger partial charge in [-0.15, -0.1) is 0 Å². The molecular formula is C10H12Cl2N2O3S. The molecule has 0 heterocycles. The van der Waals surface area contributed by atoms with Crippen molar-refractivity contribution in [1.82, 2.24) is 4.31 Å². The topological polar surface area (TPSA) is 80.5 Å². The number of amides is 1. The number of carbonyl (C=O) groups excluding carboxylic acids is 1. The van der Waals surface area contributed by atoms with Crippen LogP contribution < -0.4 is 5.73 Å². The molecule has 2 N–H and O–H groups in total. The van der Waals surface area contributed by atoms with Gasteiger partial charge in [0.2, 0.25) is 15.9 Å². The van der Waals surface area contributed by atoms with Gasteiger partial charge in [0.05, 0.1) is 11.6 Å². The lowest BCUT2D eigenvalue weighted by atomic mass is 10.4. The van der Waals surface area contributed by atoms with Gasteiger partial charge in [-0.25, -0.2) is 8.42 Å². The summed E-state index contributed by atoms with van der Waals surface area (Å²) in [6.45, 7) is 1.30. The summed E-state index contributed by atoms with van der Waals surface area (Å²) < 4.78 is 25.4. The van der Waals surface area contributed by atoms with E-state index in [4.69, 9.17) is 28.9 Å². The van der Waals surface area contributed by atoms with Crippen molar-refractivity contribution in [3.05, 3.63) is 28.2 Å². The van der Waals surface area contributed by atoms with E-state index in [1.807, 2.05) is 0 Å². The van der Waals surface area contributed by atoms with E-state index in [0.29, 0.717) is 0 Å². The smallest absolute Gasteiger partial charge is 0.245 e. The van der Waals surface area contributed by atoms with Gasteiger partial charge in [0.15, 0.2) is 0 Å². The number of nitrogens with two attached hydrogens (primary N) is 1. The predicted molar refractivity (Wildman–Crippen MR) is 70.1 cm³/mol. The number of likely N-dealkylation sites (N-methyl/N-ethyl adjacent to an activating group) is 1. The second kappa shape index (κ2) is 5.88. The van der Waals surface area contributed by atoms with Crippen LogP contribution in [0.5, 0.6) is 0 Å². The molecule has 0 radical (unpaired) electrons. The maximum absolute atomic E-state index is 12.2. The standard InChI is InChI=1S/C10H12Cl2N2O3S/c1-2-14(6-10(13)15)18(16,17)9-5-7(11)3-4-8(9)12/h3-5H,2,6H2,1H3,(H2,13,15). The average molecular weight is 311 g/mol. The third-order valence-electron chi connectivity index (χ3n) is 2.20. The van der Waals surface area contributed by atoms with Crippen molar-refractivity contribution in [2.45, 2.75) is 11.8 Å². The van der Waals surface area contributed by atoms with Gasteiger partial charge < -0.3 is 5.73 Å². The summed E-state index contributed by atoms with van der Waals surface area (Å²) >= 11 is 11.6. The van der Waals surface area contributed by atoms with Gasteiger partial charge in [-0.1, -0.05) is 30.1 Å². The quantitative estimate of drug-likeness (QED) is 0.894. The van der Waals surface area contributed by atoms with E-state index < -0.39 is 22.5 Å². The van der Waals surface area contributed by atoms with E-state index in [0.717, 1.165) is 4.31 Å². The molecule has 0 aliphatic carbocycles. The molecule has 0 bridgehead atoms. The SMILES string of the molecule is CCN(CC(N)=O)S(=O)(=O)c1cc(Cl)ccc1Cl. The molecule has 1 rings (SSSR count). The van der Waals surface area contributed by atoms with Gasteiger partial charge in [0.25, 0.3) is 0 Å². The molecule has 0 unspecified atom stereocenters. The van der Waals surface area contributed by atoms with Gasteiger partial charge in [0, 0.05) is 11.6 Å². The zero-order valence-corrected chi connectivity index (χ0v) is 11.9. The largest absolute Gasteiger partial charge is 0.369 e. The number of primary amides is 1. The van der Waals surface area contributed by atoms with Crippen LogP contribution in [0, 0.1) is 0 Å². The molecule has 5 nitrogen and oxygen atoms in total. The highest BCUT2D eigenvalue weighted by atomic mass is 35.5. The summed E-state index contributed by atoms with van der Waals surface area (Å²) in [6.07, 6.45) is 0. The summed E-state index contributed by atoms with van der Waals surface area (Å²) in [5.74, 6) is -0.737. The van der Waals surface area contributed by atoms with E-state index in [2.05, 4.69) is 0 Å². The summed E-state index contributed by atoms with van der Waals surface area (Å²) in [5, 5.41) is 0.287. The van der Waals surface area contributed by atoms with Gasteiger partial charge in [0.1, 0.15) is 4.90 Å². The Balaban J connectivity index is 3.26. The average Bonchev–Trinajstić information content (AvgIpc) is 2.28. The first kappa shape index (κ1) is 15.2. The van der Waals surface area contributed by atoms with Crippen molar-refractivity contribution >= 4 is 39.1 Å². The van der Waals surface area contributed by atoms with Crippen LogP contribution >= 0.6 is 23.2 Å². The summed E-state index contributed by atoms with van der Waals surface area (Å²) in [7, 11) is -3.88. The zero-order valence-electron chi connectivity index (χ0n) is 9.56. The molecule has 1 aromatic carbocycles. The first-order valence-corrected chi connectivity index (χ1v) is 7.22. The third kappa shape index (κ3) is 3.35. The molecule has 1 aromatic rings. The van der Waals surface area contributed by atoms with Crippen molar-refractivity contribution in [3.63, 3.8) is 0 Å². The van der Waals surface area contributed by atoms with Crippen LogP contribution in [-0.2, 0) is 14.8 Å². The monoisotopic (exact) mass is 310 g/mol. The molecule has 0 aliphatic heterocycles. The lowest BCUT2D eigenvalue weighted by Gasteiger charge is -2.19. The van der Waals surface area contributed by atoms with Crippen molar-refractivity contribution in [2.75, 3.05) is 13.1 Å². The van der Waals surface area contributed by atoms with Gasteiger partial charge in [-0.3, -0.25) is 4.79 Å². The Hall–Kier alpha value is -0.820. The molecule has 0 saturated carbocycles. The molecule has 0 saturated heterocycles. The molecule has 100 valence electrons.